The molecule has 0 N–H and O–H groups in total. The zero-order chi connectivity index (χ0) is 23.7. The van der Waals surface area contributed by atoms with Crippen LogP contribution in [0.1, 0.15) is 42.9 Å². The summed E-state index contributed by atoms with van der Waals surface area (Å²) in [4.78, 5) is 24.3. The molecule has 2 heterocycles. The number of rotatable bonds is 8. The Kier molecular flexibility index (Phi) is 7.04. The minimum absolute atomic E-state index is 0.115. The predicted molar refractivity (Wildman–Crippen MR) is 103 cm³/mol. The number of imide groups is 1. The summed E-state index contributed by atoms with van der Waals surface area (Å²) in [7, 11) is 0. The largest absolute Gasteiger partial charge is 0.493 e. The van der Waals surface area contributed by atoms with Crippen LogP contribution in [-0.4, -0.2) is 47.3 Å². The van der Waals surface area contributed by atoms with Gasteiger partial charge in [-0.15, -0.1) is 0 Å². The molecule has 2 aliphatic rings. The molecule has 5 nitrogen and oxygen atoms in total. The third-order valence-electron chi connectivity index (χ3n) is 5.37. The Morgan fingerprint density at radius 3 is 2.38 bits per heavy atom. The third-order valence-corrected chi connectivity index (χ3v) is 6.23. The molecule has 1 aromatic carbocycles. The van der Waals surface area contributed by atoms with Crippen LogP contribution in [0, 0.1) is 0 Å². The zero-order valence-corrected chi connectivity index (χ0v) is 17.9. The van der Waals surface area contributed by atoms with Crippen molar-refractivity contribution in [3.63, 3.8) is 0 Å². The molecule has 32 heavy (non-hydrogen) atoms. The van der Waals surface area contributed by atoms with Crippen molar-refractivity contribution in [3.8, 4) is 5.75 Å². The van der Waals surface area contributed by atoms with Gasteiger partial charge in [0.1, 0.15) is 5.75 Å². The number of thioether (sulfide) groups is 1. The number of benzene rings is 1. The van der Waals surface area contributed by atoms with Crippen LogP contribution >= 0.6 is 11.8 Å². The summed E-state index contributed by atoms with van der Waals surface area (Å²) in [5, 5.41) is -0.308. The van der Waals surface area contributed by atoms with Gasteiger partial charge < -0.3 is 9.47 Å². The van der Waals surface area contributed by atoms with Crippen LogP contribution in [0.4, 0.5) is 31.1 Å². The summed E-state index contributed by atoms with van der Waals surface area (Å²) in [6.45, 7) is 1.29. The SMILES string of the molecule is CCCc1c(OCCCCN2C(=O)CSC2=O)ccc2c1COC2(C(F)(F)F)C(F)(F)F. The summed E-state index contributed by atoms with van der Waals surface area (Å²) in [6, 6.07) is 1.89. The molecule has 1 fully saturated rings. The number of unbranched alkanes of at least 4 members (excludes halogenated alkanes) is 1. The lowest BCUT2D eigenvalue weighted by Gasteiger charge is -2.33. The van der Waals surface area contributed by atoms with Crippen LogP contribution in [0.2, 0.25) is 0 Å². The molecule has 0 saturated carbocycles. The van der Waals surface area contributed by atoms with Gasteiger partial charge in [-0.25, -0.2) is 0 Å². The molecule has 12 heteroatoms. The highest BCUT2D eigenvalue weighted by molar-refractivity contribution is 8.14. The number of nitrogens with zero attached hydrogens (tertiary/aromatic N) is 1. The van der Waals surface area contributed by atoms with E-state index in [1.54, 1.807) is 6.92 Å². The minimum atomic E-state index is -5.68. The second kappa shape index (κ2) is 9.12. The lowest BCUT2D eigenvalue weighted by atomic mass is 9.87. The first kappa shape index (κ1) is 24.7. The van der Waals surface area contributed by atoms with E-state index in [1.807, 2.05) is 0 Å². The van der Waals surface area contributed by atoms with Crippen molar-refractivity contribution in [1.29, 1.82) is 0 Å². The van der Waals surface area contributed by atoms with E-state index in [-0.39, 0.29) is 53.3 Å². The fourth-order valence-corrected chi connectivity index (χ4v) is 4.62. The van der Waals surface area contributed by atoms with E-state index in [9.17, 15) is 35.9 Å². The van der Waals surface area contributed by atoms with Gasteiger partial charge in [-0.05, 0) is 30.9 Å². The zero-order valence-electron chi connectivity index (χ0n) is 17.1. The molecule has 0 aliphatic carbocycles. The van der Waals surface area contributed by atoms with Crippen molar-refractivity contribution in [2.45, 2.75) is 57.2 Å². The molecule has 2 aliphatic heterocycles. The number of hydrogen-bond acceptors (Lipinski definition) is 5. The number of alkyl halides is 6. The molecule has 0 atom stereocenters. The van der Waals surface area contributed by atoms with E-state index >= 15 is 0 Å². The van der Waals surface area contributed by atoms with E-state index in [1.165, 1.54) is 0 Å². The number of carbonyl (C=O) groups is 2. The van der Waals surface area contributed by atoms with Crippen molar-refractivity contribution in [2.75, 3.05) is 18.9 Å². The monoisotopic (exact) mass is 485 g/mol. The Morgan fingerprint density at radius 1 is 1.12 bits per heavy atom. The van der Waals surface area contributed by atoms with Crippen molar-refractivity contribution in [1.82, 2.24) is 4.90 Å². The molecule has 0 unspecified atom stereocenters. The molecular formula is C20H21F6NO4S. The van der Waals surface area contributed by atoms with Gasteiger partial charge in [0.2, 0.25) is 5.91 Å². The van der Waals surface area contributed by atoms with Crippen LogP contribution in [0.15, 0.2) is 12.1 Å². The lowest BCUT2D eigenvalue weighted by Crippen LogP contribution is -2.53. The standard InChI is InChI=1S/C20H21F6NO4S/c1-2-5-12-13-10-31-18(19(21,22)23,20(24,25)26)14(13)6-7-15(12)30-9-4-3-8-27-16(28)11-32-17(27)29/h6-7H,2-5,8-11H2,1H3. The molecule has 178 valence electrons. The van der Waals surface area contributed by atoms with Gasteiger partial charge in [-0.3, -0.25) is 14.5 Å². The van der Waals surface area contributed by atoms with Crippen molar-refractivity contribution in [3.05, 3.63) is 28.8 Å². The van der Waals surface area contributed by atoms with Crippen LogP contribution in [0.5, 0.6) is 5.75 Å². The predicted octanol–water partition coefficient (Wildman–Crippen LogP) is 5.34. The second-order valence-electron chi connectivity index (χ2n) is 7.44. The van der Waals surface area contributed by atoms with Gasteiger partial charge >= 0.3 is 12.4 Å². The Balaban J connectivity index is 1.75. The fraction of sp³-hybridized carbons (Fsp3) is 0.600. The van der Waals surface area contributed by atoms with Crippen LogP contribution < -0.4 is 4.74 Å². The van der Waals surface area contributed by atoms with Gasteiger partial charge in [-0.2, -0.15) is 26.3 Å². The average Bonchev–Trinajstić information content (AvgIpc) is 3.24. The Labute approximate surface area is 184 Å². The number of fused-ring (bicyclic) bond motifs is 1. The summed E-state index contributed by atoms with van der Waals surface area (Å²) in [5.41, 5.74) is -5.19. The summed E-state index contributed by atoms with van der Waals surface area (Å²) in [6.07, 6.45) is -9.75. The molecule has 0 spiro atoms. The van der Waals surface area contributed by atoms with E-state index in [0.717, 1.165) is 28.8 Å². The molecule has 0 aromatic heterocycles. The van der Waals surface area contributed by atoms with Crippen molar-refractivity contribution < 1.29 is 45.4 Å². The molecular weight excluding hydrogens is 464 g/mol. The topological polar surface area (TPSA) is 55.8 Å². The van der Waals surface area contributed by atoms with Crippen LogP contribution in [0.25, 0.3) is 0 Å². The van der Waals surface area contributed by atoms with Crippen LogP contribution in [-0.2, 0) is 28.2 Å². The van der Waals surface area contributed by atoms with Gasteiger partial charge in [0.25, 0.3) is 10.8 Å². The third kappa shape index (κ3) is 4.30. The van der Waals surface area contributed by atoms with Gasteiger partial charge in [0, 0.05) is 17.7 Å². The summed E-state index contributed by atoms with van der Waals surface area (Å²) >= 11 is 0.930. The molecule has 1 aromatic rings. The Morgan fingerprint density at radius 2 is 1.81 bits per heavy atom. The van der Waals surface area contributed by atoms with Gasteiger partial charge in [0.05, 0.1) is 19.0 Å². The molecule has 0 radical (unpaired) electrons. The first-order valence-corrected chi connectivity index (χ1v) is 10.9. The second-order valence-corrected chi connectivity index (χ2v) is 8.37. The normalized spacial score (nSPS) is 18.4. The minimum Gasteiger partial charge on any atom is -0.493 e. The quantitative estimate of drug-likeness (QED) is 0.367. The molecule has 1 saturated heterocycles. The lowest BCUT2D eigenvalue weighted by molar-refractivity contribution is -0.385. The van der Waals surface area contributed by atoms with E-state index in [0.29, 0.717) is 19.3 Å². The van der Waals surface area contributed by atoms with E-state index in [4.69, 9.17) is 4.74 Å². The van der Waals surface area contributed by atoms with E-state index < -0.39 is 30.1 Å². The van der Waals surface area contributed by atoms with Gasteiger partial charge in [-0.1, -0.05) is 31.2 Å². The Hall–Kier alpha value is -1.95. The molecule has 0 bridgehead atoms. The maximum atomic E-state index is 13.5. The fourth-order valence-electron chi connectivity index (χ4n) is 3.86. The van der Waals surface area contributed by atoms with Crippen LogP contribution in [0.3, 0.4) is 0 Å². The highest BCUT2D eigenvalue weighted by Gasteiger charge is 2.75. The number of carbonyl (C=O) groups excluding carboxylic acids is 2. The smallest absolute Gasteiger partial charge is 0.430 e. The summed E-state index contributed by atoms with van der Waals surface area (Å²) < 4.78 is 91.4. The Bertz CT molecular complexity index is 856. The number of ether oxygens (including phenoxy) is 2. The average molecular weight is 485 g/mol. The molecule has 2 amide bonds. The first-order valence-electron chi connectivity index (χ1n) is 9.96. The highest BCUT2D eigenvalue weighted by atomic mass is 32.2. The maximum absolute atomic E-state index is 13.5. The summed E-state index contributed by atoms with van der Waals surface area (Å²) in [5.74, 6) is 0.0605. The number of hydrogen-bond donors (Lipinski definition) is 0. The number of amides is 2. The first-order chi connectivity index (χ1) is 14.9. The van der Waals surface area contributed by atoms with Crippen molar-refractivity contribution in [2.24, 2.45) is 0 Å². The highest BCUT2D eigenvalue weighted by Crippen LogP contribution is 2.58. The van der Waals surface area contributed by atoms with Gasteiger partial charge in [0.15, 0.2) is 0 Å². The maximum Gasteiger partial charge on any atom is 0.430 e. The van der Waals surface area contributed by atoms with E-state index in [2.05, 4.69) is 4.74 Å². The molecule has 3 rings (SSSR count). The number of halogens is 6. The van der Waals surface area contributed by atoms with Crippen molar-refractivity contribution >= 4 is 22.9 Å².